The van der Waals surface area contributed by atoms with Crippen molar-refractivity contribution in [2.75, 3.05) is 13.1 Å². The van der Waals surface area contributed by atoms with Crippen LogP contribution in [0.3, 0.4) is 0 Å². The molecule has 0 spiro atoms. The highest BCUT2D eigenvalue weighted by Crippen LogP contribution is 2.32. The first-order valence-electron chi connectivity index (χ1n) is 8.37. The molecule has 0 saturated carbocycles. The molecule has 0 amide bonds. The maximum atomic E-state index is 12.9. The highest BCUT2D eigenvalue weighted by atomic mass is 35.5. The number of sulfonamides is 1. The molecule has 2 aromatic carbocycles. The Morgan fingerprint density at radius 3 is 2.32 bits per heavy atom. The van der Waals surface area contributed by atoms with Crippen molar-refractivity contribution in [3.8, 4) is 0 Å². The van der Waals surface area contributed by atoms with E-state index in [1.807, 2.05) is 18.2 Å². The molecule has 1 aliphatic heterocycles. The minimum Gasteiger partial charge on any atom is -0.207 e. The van der Waals surface area contributed by atoms with Crippen LogP contribution in [0, 0.1) is 12.8 Å². The molecule has 1 fully saturated rings. The monoisotopic (exact) mass is 397 g/mol. The van der Waals surface area contributed by atoms with Gasteiger partial charge in [0, 0.05) is 18.1 Å². The largest absolute Gasteiger partial charge is 0.244 e. The normalized spacial score (nSPS) is 16.9. The fourth-order valence-electron chi connectivity index (χ4n) is 3.27. The van der Waals surface area contributed by atoms with Crippen LogP contribution in [0.2, 0.25) is 10.0 Å². The lowest BCUT2D eigenvalue weighted by atomic mass is 9.91. The van der Waals surface area contributed by atoms with Crippen LogP contribution in [0.5, 0.6) is 0 Å². The summed E-state index contributed by atoms with van der Waals surface area (Å²) < 4.78 is 27.4. The van der Waals surface area contributed by atoms with Crippen molar-refractivity contribution in [3.05, 3.63) is 63.6 Å². The van der Waals surface area contributed by atoms with Gasteiger partial charge in [0.1, 0.15) is 4.90 Å². The summed E-state index contributed by atoms with van der Waals surface area (Å²) >= 11 is 12.2. The SMILES string of the molecule is Cc1cc(S(=O)(=O)N2CCC(Cc3ccccc3)CC2)c(Cl)cc1Cl. The molecular formula is C19H21Cl2NO2S. The zero-order chi connectivity index (χ0) is 18.0. The fraction of sp³-hybridized carbons (Fsp3) is 0.368. The second kappa shape index (κ2) is 7.67. The molecule has 0 radical (unpaired) electrons. The van der Waals surface area contributed by atoms with Gasteiger partial charge in [0.15, 0.2) is 0 Å². The molecule has 3 nitrogen and oxygen atoms in total. The quantitative estimate of drug-likeness (QED) is 0.731. The lowest BCUT2D eigenvalue weighted by Crippen LogP contribution is -2.39. The number of rotatable bonds is 4. The Kier molecular flexibility index (Phi) is 5.74. The molecule has 2 aromatic rings. The third-order valence-electron chi connectivity index (χ3n) is 4.77. The van der Waals surface area contributed by atoms with E-state index in [0.29, 0.717) is 29.6 Å². The molecule has 134 valence electrons. The van der Waals surface area contributed by atoms with Gasteiger partial charge >= 0.3 is 0 Å². The summed E-state index contributed by atoms with van der Waals surface area (Å²) in [5.41, 5.74) is 2.02. The Balaban J connectivity index is 1.71. The first-order valence-corrected chi connectivity index (χ1v) is 10.6. The number of benzene rings is 2. The van der Waals surface area contributed by atoms with Gasteiger partial charge in [0.25, 0.3) is 0 Å². The highest BCUT2D eigenvalue weighted by Gasteiger charge is 2.31. The van der Waals surface area contributed by atoms with E-state index in [4.69, 9.17) is 23.2 Å². The molecule has 6 heteroatoms. The predicted octanol–water partition coefficient (Wildman–Crippen LogP) is 4.95. The Morgan fingerprint density at radius 2 is 1.68 bits per heavy atom. The number of hydrogen-bond acceptors (Lipinski definition) is 2. The summed E-state index contributed by atoms with van der Waals surface area (Å²) in [7, 11) is -3.59. The van der Waals surface area contributed by atoms with Gasteiger partial charge < -0.3 is 0 Å². The van der Waals surface area contributed by atoms with Crippen molar-refractivity contribution in [2.45, 2.75) is 31.1 Å². The molecule has 0 atom stereocenters. The molecular weight excluding hydrogens is 377 g/mol. The van der Waals surface area contributed by atoms with E-state index in [1.165, 1.54) is 11.6 Å². The Labute approximate surface area is 159 Å². The summed E-state index contributed by atoms with van der Waals surface area (Å²) in [5, 5.41) is 0.660. The molecule has 25 heavy (non-hydrogen) atoms. The summed E-state index contributed by atoms with van der Waals surface area (Å²) in [5.74, 6) is 0.510. The number of piperidine rings is 1. The standard InChI is InChI=1S/C19H21Cl2NO2S/c1-14-11-19(18(21)13-17(14)20)25(23,24)22-9-7-16(8-10-22)12-15-5-3-2-4-6-15/h2-6,11,13,16H,7-10,12H2,1H3. The average molecular weight is 398 g/mol. The minimum atomic E-state index is -3.59. The summed E-state index contributed by atoms with van der Waals surface area (Å²) in [4.78, 5) is 0.151. The van der Waals surface area contributed by atoms with Crippen molar-refractivity contribution in [3.63, 3.8) is 0 Å². The Bertz CT molecular complexity index is 845. The maximum absolute atomic E-state index is 12.9. The maximum Gasteiger partial charge on any atom is 0.244 e. The molecule has 0 bridgehead atoms. The van der Waals surface area contributed by atoms with E-state index in [9.17, 15) is 8.42 Å². The van der Waals surface area contributed by atoms with E-state index in [-0.39, 0.29) is 9.92 Å². The summed E-state index contributed by atoms with van der Waals surface area (Å²) in [6, 6.07) is 13.4. The van der Waals surface area contributed by atoms with Crippen LogP contribution in [0.4, 0.5) is 0 Å². The van der Waals surface area contributed by atoms with E-state index < -0.39 is 10.0 Å². The van der Waals surface area contributed by atoms with Crippen LogP contribution in [0.1, 0.15) is 24.0 Å². The molecule has 3 rings (SSSR count). The van der Waals surface area contributed by atoms with Crippen molar-refractivity contribution < 1.29 is 8.42 Å². The topological polar surface area (TPSA) is 37.4 Å². The van der Waals surface area contributed by atoms with Gasteiger partial charge in [0.05, 0.1) is 5.02 Å². The van der Waals surface area contributed by atoms with Gasteiger partial charge in [-0.3, -0.25) is 0 Å². The molecule has 0 aliphatic carbocycles. The zero-order valence-electron chi connectivity index (χ0n) is 14.1. The molecule has 0 N–H and O–H groups in total. The molecule has 1 aliphatic rings. The molecule has 1 heterocycles. The number of aryl methyl sites for hydroxylation is 1. The first-order chi connectivity index (χ1) is 11.9. The Hall–Kier alpha value is -1.07. The third-order valence-corrected chi connectivity index (χ3v) is 7.54. The smallest absolute Gasteiger partial charge is 0.207 e. The van der Waals surface area contributed by atoms with Gasteiger partial charge in [-0.05, 0) is 55.4 Å². The van der Waals surface area contributed by atoms with Crippen molar-refractivity contribution >= 4 is 33.2 Å². The van der Waals surface area contributed by atoms with E-state index >= 15 is 0 Å². The summed E-state index contributed by atoms with van der Waals surface area (Å²) in [6.07, 6.45) is 2.71. The van der Waals surface area contributed by atoms with Gasteiger partial charge in [-0.15, -0.1) is 0 Å². The van der Waals surface area contributed by atoms with Crippen LogP contribution in [-0.2, 0) is 16.4 Å². The number of hydrogen-bond donors (Lipinski definition) is 0. The number of nitrogens with zero attached hydrogens (tertiary/aromatic N) is 1. The molecule has 0 aromatic heterocycles. The van der Waals surface area contributed by atoms with E-state index in [2.05, 4.69) is 12.1 Å². The number of halogens is 2. The minimum absolute atomic E-state index is 0.151. The summed E-state index contributed by atoms with van der Waals surface area (Å²) in [6.45, 7) is 2.83. The van der Waals surface area contributed by atoms with Crippen molar-refractivity contribution in [2.24, 2.45) is 5.92 Å². The molecule has 1 saturated heterocycles. The van der Waals surface area contributed by atoms with E-state index in [0.717, 1.165) is 19.3 Å². The van der Waals surface area contributed by atoms with Crippen LogP contribution >= 0.6 is 23.2 Å². The van der Waals surface area contributed by atoms with E-state index in [1.54, 1.807) is 17.3 Å². The van der Waals surface area contributed by atoms with Gasteiger partial charge in [-0.25, -0.2) is 8.42 Å². The van der Waals surface area contributed by atoms with Gasteiger partial charge in [0.2, 0.25) is 10.0 Å². The van der Waals surface area contributed by atoms with Crippen LogP contribution in [-0.4, -0.2) is 25.8 Å². The molecule has 0 unspecified atom stereocenters. The average Bonchev–Trinajstić information content (AvgIpc) is 2.59. The second-order valence-corrected chi connectivity index (χ2v) is 9.29. The fourth-order valence-corrected chi connectivity index (χ4v) is 5.55. The van der Waals surface area contributed by atoms with Crippen molar-refractivity contribution in [1.29, 1.82) is 0 Å². The van der Waals surface area contributed by atoms with Gasteiger partial charge in [-0.2, -0.15) is 4.31 Å². The lowest BCUT2D eigenvalue weighted by Gasteiger charge is -2.31. The zero-order valence-corrected chi connectivity index (χ0v) is 16.4. The predicted molar refractivity (Wildman–Crippen MR) is 103 cm³/mol. The first kappa shape index (κ1) is 18.7. The van der Waals surface area contributed by atoms with Crippen LogP contribution in [0.15, 0.2) is 47.4 Å². The Morgan fingerprint density at radius 1 is 1.04 bits per heavy atom. The van der Waals surface area contributed by atoms with Crippen LogP contribution < -0.4 is 0 Å². The van der Waals surface area contributed by atoms with Crippen LogP contribution in [0.25, 0.3) is 0 Å². The third kappa shape index (κ3) is 4.20. The highest BCUT2D eigenvalue weighted by molar-refractivity contribution is 7.89. The lowest BCUT2D eigenvalue weighted by molar-refractivity contribution is 0.273. The van der Waals surface area contributed by atoms with Crippen molar-refractivity contribution in [1.82, 2.24) is 4.31 Å². The van der Waals surface area contributed by atoms with Gasteiger partial charge in [-0.1, -0.05) is 53.5 Å². The second-order valence-electron chi connectivity index (χ2n) is 6.57.